The zero-order valence-corrected chi connectivity index (χ0v) is 21.9. The maximum Gasteiger partial charge on any atom is 0.136 e. The van der Waals surface area contributed by atoms with Crippen LogP contribution in [0.25, 0.3) is 87.6 Å². The topological polar surface area (TPSA) is 13.1 Å². The molecule has 0 aliphatic rings. The molecule has 1 heteroatoms. The Morgan fingerprint density at radius 1 is 0.372 bits per heavy atom. The Labute approximate surface area is 275 Å². The third kappa shape index (κ3) is 3.58. The van der Waals surface area contributed by atoms with Gasteiger partial charge in [0.1, 0.15) is 11.2 Å². The summed E-state index contributed by atoms with van der Waals surface area (Å²) < 4.78 is 178. The van der Waals surface area contributed by atoms with Crippen molar-refractivity contribution in [1.82, 2.24) is 0 Å². The Morgan fingerprint density at radius 2 is 0.907 bits per heavy atom. The lowest BCUT2D eigenvalue weighted by Gasteiger charge is -2.19. The molecule has 1 aromatic heterocycles. The molecule has 0 amide bonds. The molecule has 0 aliphatic carbocycles. The summed E-state index contributed by atoms with van der Waals surface area (Å²) >= 11 is 0. The summed E-state index contributed by atoms with van der Waals surface area (Å²) in [5.41, 5.74) is -1.32. The van der Waals surface area contributed by atoms with Crippen LogP contribution in [0.5, 0.6) is 0 Å². The smallest absolute Gasteiger partial charge is 0.136 e. The lowest BCUT2D eigenvalue weighted by atomic mass is 9.83. The molecule has 0 bridgehead atoms. The van der Waals surface area contributed by atoms with E-state index in [0.29, 0.717) is 21.9 Å². The van der Waals surface area contributed by atoms with Crippen LogP contribution in [-0.2, 0) is 0 Å². The molecule has 8 aromatic carbocycles. The Morgan fingerprint density at radius 3 is 1.60 bits per heavy atom. The Kier molecular flexibility index (Phi) is 2.61. The van der Waals surface area contributed by atoms with Gasteiger partial charge in [-0.15, -0.1) is 0 Å². The summed E-state index contributed by atoms with van der Waals surface area (Å²) in [7, 11) is 0. The first-order valence-electron chi connectivity index (χ1n) is 22.7. The fourth-order valence-corrected chi connectivity index (χ4v) is 5.81. The van der Waals surface area contributed by atoms with E-state index in [0.717, 1.165) is 0 Å². The highest BCUT2D eigenvalue weighted by molar-refractivity contribution is 6.24. The predicted octanol–water partition coefficient (Wildman–Crippen LogP) is 12.0. The SMILES string of the molecule is [2H]c1c([2H])c([2H])c(-c2c3c([2H])c([2H])c([2H])c([2H])c3c(-c3c([2H])c([2H])c(-c4cccc5oc6ccccc6c45)c4c([2H])c([2H])c([2H])c([2H])c34)c3c([2H])c([2H])c([2H])c([2H])c23)c([2H])c1[2H]. The molecule has 0 aliphatic heterocycles. The minimum absolute atomic E-state index is 0.119. The highest BCUT2D eigenvalue weighted by Gasteiger charge is 2.20. The van der Waals surface area contributed by atoms with E-state index < -0.39 is 164 Å². The Balaban J connectivity index is 1.64. The summed E-state index contributed by atoms with van der Waals surface area (Å²) in [6.45, 7) is 0. The van der Waals surface area contributed by atoms with Gasteiger partial charge in [0.05, 0.1) is 26.0 Å². The molecule has 1 nitrogen and oxygen atoms in total. The average molecular weight is 566 g/mol. The molecule has 43 heavy (non-hydrogen) atoms. The minimum Gasteiger partial charge on any atom is -0.456 e. The second-order valence-corrected chi connectivity index (χ2v) is 9.78. The lowest BCUT2D eigenvalue weighted by molar-refractivity contribution is 0.669. The third-order valence-electron chi connectivity index (χ3n) is 7.55. The molecule has 9 aromatic rings. The maximum absolute atomic E-state index is 9.81. The quantitative estimate of drug-likeness (QED) is 0.194. The van der Waals surface area contributed by atoms with Gasteiger partial charge in [-0.05, 0) is 77.8 Å². The first-order chi connectivity index (χ1) is 29.3. The minimum atomic E-state index is -0.866. The van der Waals surface area contributed by atoms with E-state index in [1.54, 1.807) is 42.5 Å². The van der Waals surface area contributed by atoms with Crippen LogP contribution in [0.3, 0.4) is 0 Å². The van der Waals surface area contributed by atoms with Crippen LogP contribution in [0.1, 0.15) is 26.0 Å². The molecule has 1 heterocycles. The molecule has 0 radical (unpaired) electrons. The monoisotopic (exact) mass is 565 g/mol. The first-order valence-corrected chi connectivity index (χ1v) is 13.2. The highest BCUT2D eigenvalue weighted by atomic mass is 16.3. The van der Waals surface area contributed by atoms with E-state index in [2.05, 4.69) is 0 Å². The number of furan rings is 1. The Bertz CT molecular complexity index is 3460. The molecule has 9 rings (SSSR count). The zero-order valence-electron chi connectivity index (χ0n) is 40.9. The van der Waals surface area contributed by atoms with E-state index in [1.165, 1.54) is 0 Å². The van der Waals surface area contributed by atoms with E-state index in [1.807, 2.05) is 0 Å². The van der Waals surface area contributed by atoms with Crippen molar-refractivity contribution in [2.45, 2.75) is 0 Å². The van der Waals surface area contributed by atoms with Crippen LogP contribution in [0.15, 0.2) is 162 Å². The normalized spacial score (nSPS) is 17.9. The number of rotatable bonds is 3. The van der Waals surface area contributed by atoms with Crippen LogP contribution in [-0.4, -0.2) is 0 Å². The molecule has 0 atom stereocenters. The number of benzene rings is 8. The molecular formula is C42H26O. The van der Waals surface area contributed by atoms with Gasteiger partial charge in [-0.3, -0.25) is 0 Å². The fraction of sp³-hybridized carbons (Fsp3) is 0. The van der Waals surface area contributed by atoms with E-state index in [9.17, 15) is 11.0 Å². The van der Waals surface area contributed by atoms with Gasteiger partial charge >= 0.3 is 0 Å². The van der Waals surface area contributed by atoms with Gasteiger partial charge in [0, 0.05) is 10.8 Å². The largest absolute Gasteiger partial charge is 0.456 e. The van der Waals surface area contributed by atoms with Gasteiger partial charge in [0.2, 0.25) is 0 Å². The summed E-state index contributed by atoms with van der Waals surface area (Å²) in [5, 5.41) is -1.92. The van der Waals surface area contributed by atoms with Crippen molar-refractivity contribution in [3.05, 3.63) is 157 Å². The van der Waals surface area contributed by atoms with E-state index in [4.69, 9.17) is 19.5 Å². The van der Waals surface area contributed by atoms with Gasteiger partial charge in [-0.2, -0.15) is 0 Å². The van der Waals surface area contributed by atoms with Gasteiger partial charge in [0.25, 0.3) is 0 Å². The molecule has 0 fully saturated rings. The zero-order chi connectivity index (χ0) is 44.9. The van der Waals surface area contributed by atoms with Crippen molar-refractivity contribution in [2.24, 2.45) is 0 Å². The number of para-hydroxylation sites is 1. The van der Waals surface area contributed by atoms with Gasteiger partial charge < -0.3 is 4.42 Å². The third-order valence-corrected chi connectivity index (χ3v) is 7.55. The number of hydrogen-bond acceptors (Lipinski definition) is 1. The summed E-state index contributed by atoms with van der Waals surface area (Å²) in [5.74, 6) is 0. The number of fused-ring (bicyclic) bond motifs is 6. The number of hydrogen-bond donors (Lipinski definition) is 0. The van der Waals surface area contributed by atoms with Gasteiger partial charge in [-0.25, -0.2) is 0 Å². The van der Waals surface area contributed by atoms with Crippen molar-refractivity contribution in [1.29, 1.82) is 0 Å². The van der Waals surface area contributed by atoms with E-state index in [-0.39, 0.29) is 16.5 Å². The molecule has 0 saturated heterocycles. The van der Waals surface area contributed by atoms with Crippen LogP contribution in [0, 0.1) is 0 Å². The van der Waals surface area contributed by atoms with Crippen molar-refractivity contribution in [3.8, 4) is 33.4 Å². The summed E-state index contributed by atoms with van der Waals surface area (Å²) in [6, 6.07) is -3.46. The van der Waals surface area contributed by atoms with E-state index >= 15 is 0 Å². The summed E-state index contributed by atoms with van der Waals surface area (Å²) in [6.07, 6.45) is 0. The van der Waals surface area contributed by atoms with Crippen molar-refractivity contribution >= 4 is 54.3 Å². The molecule has 0 saturated carbocycles. The van der Waals surface area contributed by atoms with Crippen LogP contribution in [0.4, 0.5) is 0 Å². The second kappa shape index (κ2) is 9.44. The highest BCUT2D eigenvalue weighted by Crippen LogP contribution is 2.47. The van der Waals surface area contributed by atoms with Crippen LogP contribution in [0.2, 0.25) is 0 Å². The van der Waals surface area contributed by atoms with Crippen molar-refractivity contribution < 1.29 is 30.5 Å². The molecule has 200 valence electrons. The predicted molar refractivity (Wildman–Crippen MR) is 183 cm³/mol. The molecule has 0 N–H and O–H groups in total. The van der Waals surface area contributed by atoms with Crippen LogP contribution >= 0.6 is 0 Å². The average Bonchev–Trinajstić information content (AvgIpc) is 3.65. The Hall–Kier alpha value is -5.66. The fourth-order valence-electron chi connectivity index (χ4n) is 5.81. The molecular weight excluding hydrogens is 520 g/mol. The van der Waals surface area contributed by atoms with Crippen molar-refractivity contribution in [3.63, 3.8) is 0 Å². The van der Waals surface area contributed by atoms with Gasteiger partial charge in [0.15, 0.2) is 0 Å². The van der Waals surface area contributed by atoms with Crippen molar-refractivity contribution in [2.75, 3.05) is 0 Å². The molecule has 0 spiro atoms. The van der Waals surface area contributed by atoms with Gasteiger partial charge in [-0.1, -0.05) is 145 Å². The lowest BCUT2D eigenvalue weighted by Crippen LogP contribution is -1.92. The summed E-state index contributed by atoms with van der Waals surface area (Å²) in [4.78, 5) is 0. The van der Waals surface area contributed by atoms with Crippen LogP contribution < -0.4 is 0 Å². The standard InChI is InChI=1S/C42H26O/c1-2-13-27(14-3-1)40-32-17-6-8-19-34(32)41(35-20-9-7-18-33(35)40)36-26-25-30(28-15-4-5-16-29(28)36)31-22-12-24-39-42(31)37-21-10-11-23-38(37)43-39/h1-26H/i1D,2D,3D,4D,5D,6D,7D,8D,9D,13D,14D,15D,16D,17D,18D,19D,20D,25D,26D. The second-order valence-electron chi connectivity index (χ2n) is 9.78. The molecule has 0 unspecified atom stereocenters. The first kappa shape index (κ1) is 11.9. The maximum atomic E-state index is 9.81.